The molecule has 0 fully saturated rings. The van der Waals surface area contributed by atoms with Crippen LogP contribution in [-0.4, -0.2) is 29.3 Å². The predicted molar refractivity (Wildman–Crippen MR) is 74.5 cm³/mol. The summed E-state index contributed by atoms with van der Waals surface area (Å²) in [6.07, 6.45) is 0. The van der Waals surface area contributed by atoms with E-state index in [1.54, 1.807) is 12.1 Å². The van der Waals surface area contributed by atoms with Crippen LogP contribution in [0.1, 0.15) is 24.2 Å². The molecule has 0 aromatic heterocycles. The molecule has 4 nitrogen and oxygen atoms in total. The highest BCUT2D eigenvalue weighted by Crippen LogP contribution is 2.11. The van der Waals surface area contributed by atoms with Gasteiger partial charge in [0.05, 0.1) is 6.54 Å². The molecule has 1 aromatic rings. The zero-order chi connectivity index (χ0) is 13.0. The third-order valence-corrected chi connectivity index (χ3v) is 3.02. The normalized spacial score (nSPS) is 10.4. The molecule has 2 N–H and O–H groups in total. The topological polar surface area (TPSA) is 63.4 Å². The zero-order valence-electron chi connectivity index (χ0n) is 9.81. The van der Waals surface area contributed by atoms with Crippen LogP contribution in [0.5, 0.6) is 0 Å². The Morgan fingerprint density at radius 3 is 2.24 bits per heavy atom. The number of halogens is 1. The first kappa shape index (κ1) is 14.0. The third-order valence-electron chi connectivity index (χ3n) is 2.30. The number of hydrogen-bond acceptors (Lipinski definition) is 2. The molecule has 0 saturated heterocycles. The minimum atomic E-state index is -0.502. The van der Waals surface area contributed by atoms with Crippen molar-refractivity contribution in [1.82, 2.24) is 4.90 Å². The molecular formula is C12H15IN2O2. The van der Waals surface area contributed by atoms with Gasteiger partial charge in [0.1, 0.15) is 0 Å². The molecule has 5 heteroatoms. The van der Waals surface area contributed by atoms with Crippen LogP contribution in [0.25, 0.3) is 0 Å². The second-order valence-corrected chi connectivity index (χ2v) is 5.25. The maximum absolute atomic E-state index is 12.1. The number of carbonyl (C=O) groups is 2. The van der Waals surface area contributed by atoms with Crippen molar-refractivity contribution >= 4 is 34.4 Å². The van der Waals surface area contributed by atoms with E-state index in [0.29, 0.717) is 5.56 Å². The monoisotopic (exact) mass is 346 g/mol. The molecule has 0 bridgehead atoms. The molecular weight excluding hydrogens is 331 g/mol. The average Bonchev–Trinajstić information content (AvgIpc) is 2.25. The van der Waals surface area contributed by atoms with Gasteiger partial charge in [0, 0.05) is 15.2 Å². The fourth-order valence-electron chi connectivity index (χ4n) is 1.42. The molecule has 0 saturated carbocycles. The van der Waals surface area contributed by atoms with E-state index in [9.17, 15) is 9.59 Å². The Kier molecular flexibility index (Phi) is 4.92. The number of nitrogens with two attached hydrogens (primary N) is 1. The minimum Gasteiger partial charge on any atom is -0.368 e. The smallest absolute Gasteiger partial charge is 0.254 e. The van der Waals surface area contributed by atoms with Crippen LogP contribution < -0.4 is 5.73 Å². The van der Waals surface area contributed by atoms with Gasteiger partial charge >= 0.3 is 0 Å². The summed E-state index contributed by atoms with van der Waals surface area (Å²) in [7, 11) is 0. The zero-order valence-corrected chi connectivity index (χ0v) is 12.0. The van der Waals surface area contributed by atoms with E-state index in [4.69, 9.17) is 5.73 Å². The van der Waals surface area contributed by atoms with Crippen LogP contribution in [-0.2, 0) is 4.79 Å². The predicted octanol–water partition coefficient (Wildman–Crippen LogP) is 1.63. The van der Waals surface area contributed by atoms with E-state index < -0.39 is 5.91 Å². The number of benzene rings is 1. The maximum atomic E-state index is 12.1. The second-order valence-electron chi connectivity index (χ2n) is 4.00. The van der Waals surface area contributed by atoms with E-state index in [-0.39, 0.29) is 18.5 Å². The van der Waals surface area contributed by atoms with Crippen LogP contribution >= 0.6 is 22.6 Å². The largest absolute Gasteiger partial charge is 0.368 e. The van der Waals surface area contributed by atoms with Crippen molar-refractivity contribution in [2.45, 2.75) is 19.9 Å². The lowest BCUT2D eigenvalue weighted by Crippen LogP contribution is -2.42. The van der Waals surface area contributed by atoms with Crippen molar-refractivity contribution in [2.24, 2.45) is 5.73 Å². The molecule has 1 rings (SSSR count). The molecule has 0 radical (unpaired) electrons. The molecule has 17 heavy (non-hydrogen) atoms. The highest BCUT2D eigenvalue weighted by atomic mass is 127. The van der Waals surface area contributed by atoms with Gasteiger partial charge in [0.25, 0.3) is 5.91 Å². The third kappa shape index (κ3) is 3.99. The molecule has 2 amide bonds. The number of amides is 2. The highest BCUT2D eigenvalue weighted by molar-refractivity contribution is 14.1. The molecule has 1 aromatic carbocycles. The molecule has 0 spiro atoms. The molecule has 0 aliphatic heterocycles. The standard InChI is InChI=1S/C12H15IN2O2/c1-8(2)15(7-11(14)16)12(17)9-3-5-10(13)6-4-9/h3-6,8H,7H2,1-2H3,(H2,14,16). The molecule has 0 aliphatic carbocycles. The summed E-state index contributed by atoms with van der Waals surface area (Å²) in [4.78, 5) is 24.5. The van der Waals surface area contributed by atoms with Gasteiger partial charge in [-0.05, 0) is 60.7 Å². The summed E-state index contributed by atoms with van der Waals surface area (Å²) in [6, 6.07) is 7.16. The summed E-state index contributed by atoms with van der Waals surface area (Å²) in [5, 5.41) is 0. The van der Waals surface area contributed by atoms with Crippen LogP contribution in [0, 0.1) is 3.57 Å². The highest BCUT2D eigenvalue weighted by Gasteiger charge is 2.20. The Labute approximate surface area is 114 Å². The van der Waals surface area contributed by atoms with Crippen molar-refractivity contribution in [3.8, 4) is 0 Å². The number of carbonyl (C=O) groups excluding carboxylic acids is 2. The molecule has 92 valence electrons. The number of nitrogens with zero attached hydrogens (tertiary/aromatic N) is 1. The minimum absolute atomic E-state index is 0.0531. The first-order valence-corrected chi connectivity index (χ1v) is 6.34. The Morgan fingerprint density at radius 1 is 1.29 bits per heavy atom. The van der Waals surface area contributed by atoms with Crippen molar-refractivity contribution in [3.05, 3.63) is 33.4 Å². The maximum Gasteiger partial charge on any atom is 0.254 e. The van der Waals surface area contributed by atoms with Crippen LogP contribution in [0.2, 0.25) is 0 Å². The van der Waals surface area contributed by atoms with Gasteiger partial charge in [0.15, 0.2) is 0 Å². The van der Waals surface area contributed by atoms with E-state index in [1.807, 2.05) is 26.0 Å². The number of primary amides is 1. The quantitative estimate of drug-likeness (QED) is 0.843. The van der Waals surface area contributed by atoms with Gasteiger partial charge in [-0.3, -0.25) is 9.59 Å². The van der Waals surface area contributed by atoms with Crippen molar-refractivity contribution in [3.63, 3.8) is 0 Å². The fourth-order valence-corrected chi connectivity index (χ4v) is 1.77. The summed E-state index contributed by atoms with van der Waals surface area (Å²) in [5.41, 5.74) is 5.71. The Balaban J connectivity index is 2.91. The van der Waals surface area contributed by atoms with Crippen molar-refractivity contribution < 1.29 is 9.59 Å². The molecule has 0 unspecified atom stereocenters. The second kappa shape index (κ2) is 6.00. The fraction of sp³-hybridized carbons (Fsp3) is 0.333. The van der Waals surface area contributed by atoms with E-state index >= 15 is 0 Å². The van der Waals surface area contributed by atoms with Gasteiger partial charge in [-0.1, -0.05) is 0 Å². The summed E-state index contributed by atoms with van der Waals surface area (Å²) < 4.78 is 1.06. The van der Waals surface area contributed by atoms with Gasteiger partial charge in [0.2, 0.25) is 5.91 Å². The van der Waals surface area contributed by atoms with Gasteiger partial charge in [-0.2, -0.15) is 0 Å². The average molecular weight is 346 g/mol. The van der Waals surface area contributed by atoms with Gasteiger partial charge in [-0.25, -0.2) is 0 Å². The lowest BCUT2D eigenvalue weighted by Gasteiger charge is -2.25. The molecule has 0 heterocycles. The number of hydrogen-bond donors (Lipinski definition) is 1. The number of rotatable bonds is 4. The van der Waals surface area contributed by atoms with Crippen LogP contribution in [0.15, 0.2) is 24.3 Å². The lowest BCUT2D eigenvalue weighted by molar-refractivity contribution is -0.119. The Hall–Kier alpha value is -1.11. The van der Waals surface area contributed by atoms with E-state index in [0.717, 1.165) is 3.57 Å². The van der Waals surface area contributed by atoms with E-state index in [1.165, 1.54) is 4.90 Å². The first-order chi connectivity index (χ1) is 7.91. The lowest BCUT2D eigenvalue weighted by atomic mass is 10.1. The Bertz CT molecular complexity index is 415. The SMILES string of the molecule is CC(C)N(CC(N)=O)C(=O)c1ccc(I)cc1. The molecule has 0 atom stereocenters. The summed E-state index contributed by atoms with van der Waals surface area (Å²) in [5.74, 6) is -0.673. The van der Waals surface area contributed by atoms with E-state index in [2.05, 4.69) is 22.6 Å². The Morgan fingerprint density at radius 2 is 1.82 bits per heavy atom. The van der Waals surface area contributed by atoms with Crippen molar-refractivity contribution in [1.29, 1.82) is 0 Å². The summed E-state index contributed by atoms with van der Waals surface area (Å²) >= 11 is 2.17. The van der Waals surface area contributed by atoms with Gasteiger partial charge in [-0.15, -0.1) is 0 Å². The first-order valence-electron chi connectivity index (χ1n) is 5.26. The molecule has 0 aliphatic rings. The van der Waals surface area contributed by atoms with Crippen LogP contribution in [0.4, 0.5) is 0 Å². The van der Waals surface area contributed by atoms with Crippen molar-refractivity contribution in [2.75, 3.05) is 6.54 Å². The van der Waals surface area contributed by atoms with Crippen LogP contribution in [0.3, 0.4) is 0 Å². The summed E-state index contributed by atoms with van der Waals surface area (Å²) in [6.45, 7) is 3.66. The van der Waals surface area contributed by atoms with Gasteiger partial charge < -0.3 is 10.6 Å².